The summed E-state index contributed by atoms with van der Waals surface area (Å²) in [6, 6.07) is 12.6. The van der Waals surface area contributed by atoms with Crippen LogP contribution in [0.2, 0.25) is 0 Å². The van der Waals surface area contributed by atoms with Gasteiger partial charge in [0, 0.05) is 24.6 Å². The number of nitrogens with zero attached hydrogens (tertiary/aromatic N) is 1. The lowest BCUT2D eigenvalue weighted by atomic mass is 9.89. The van der Waals surface area contributed by atoms with Crippen LogP contribution in [0.4, 0.5) is 5.69 Å². The first-order valence-electron chi connectivity index (χ1n) is 9.11. The molecule has 6 nitrogen and oxygen atoms in total. The fourth-order valence-corrected chi connectivity index (χ4v) is 4.06. The van der Waals surface area contributed by atoms with E-state index in [2.05, 4.69) is 5.32 Å². The smallest absolute Gasteiger partial charge is 0.251 e. The first-order valence-corrected chi connectivity index (χ1v) is 11.0. The molecule has 0 saturated heterocycles. The molecule has 7 heteroatoms. The van der Waals surface area contributed by atoms with Gasteiger partial charge in [0.05, 0.1) is 18.0 Å². The first kappa shape index (κ1) is 20.2. The van der Waals surface area contributed by atoms with E-state index in [1.807, 2.05) is 38.1 Å². The van der Waals surface area contributed by atoms with E-state index in [9.17, 15) is 13.2 Å². The predicted octanol–water partition coefficient (Wildman–Crippen LogP) is 3.42. The Morgan fingerprint density at radius 2 is 1.89 bits per heavy atom. The molecule has 1 aliphatic rings. The standard InChI is InChI=1S/C21H26N2O4S/c1-14-12-15(10-11-18(14)23(4)28(5,25)26)20(24)22-17-13-21(2,3)27-19-9-7-6-8-16(17)19/h6-12,17H,13H2,1-5H3,(H,22,24)/t17-/m1/s1. The van der Waals surface area contributed by atoms with E-state index < -0.39 is 10.0 Å². The van der Waals surface area contributed by atoms with Gasteiger partial charge < -0.3 is 10.1 Å². The van der Waals surface area contributed by atoms with Crippen LogP contribution >= 0.6 is 0 Å². The van der Waals surface area contributed by atoms with Gasteiger partial charge >= 0.3 is 0 Å². The molecular weight excluding hydrogens is 376 g/mol. The van der Waals surface area contributed by atoms with Gasteiger partial charge in [0.2, 0.25) is 10.0 Å². The first-order chi connectivity index (χ1) is 13.0. The van der Waals surface area contributed by atoms with Gasteiger partial charge in [-0.25, -0.2) is 8.42 Å². The van der Waals surface area contributed by atoms with Gasteiger partial charge in [-0.3, -0.25) is 9.10 Å². The van der Waals surface area contributed by atoms with Crippen LogP contribution < -0.4 is 14.4 Å². The highest BCUT2D eigenvalue weighted by atomic mass is 32.2. The lowest BCUT2D eigenvalue weighted by Crippen LogP contribution is -2.41. The van der Waals surface area contributed by atoms with E-state index in [1.165, 1.54) is 11.4 Å². The number of sulfonamides is 1. The number of ether oxygens (including phenoxy) is 1. The van der Waals surface area contributed by atoms with E-state index in [4.69, 9.17) is 4.74 Å². The minimum atomic E-state index is -3.36. The molecule has 1 atom stereocenters. The van der Waals surface area contributed by atoms with Crippen molar-refractivity contribution in [2.75, 3.05) is 17.6 Å². The minimum absolute atomic E-state index is 0.161. The summed E-state index contributed by atoms with van der Waals surface area (Å²) in [6.07, 6.45) is 1.81. The number of para-hydroxylation sites is 1. The lowest BCUT2D eigenvalue weighted by Gasteiger charge is -2.37. The van der Waals surface area contributed by atoms with Gasteiger partial charge in [-0.2, -0.15) is 0 Å². The summed E-state index contributed by atoms with van der Waals surface area (Å²) < 4.78 is 30.8. The molecule has 0 unspecified atom stereocenters. The van der Waals surface area contributed by atoms with Crippen molar-refractivity contribution >= 4 is 21.6 Å². The van der Waals surface area contributed by atoms with Gasteiger partial charge in [-0.1, -0.05) is 18.2 Å². The number of hydrogen-bond acceptors (Lipinski definition) is 4. The zero-order valence-corrected chi connectivity index (χ0v) is 17.6. The molecule has 28 heavy (non-hydrogen) atoms. The normalized spacial score (nSPS) is 18.0. The van der Waals surface area contributed by atoms with Crippen LogP contribution in [0.15, 0.2) is 42.5 Å². The van der Waals surface area contributed by atoms with Gasteiger partial charge in [0.15, 0.2) is 0 Å². The molecule has 0 aliphatic carbocycles. The average Bonchev–Trinajstić information content (AvgIpc) is 2.59. The molecule has 0 saturated carbocycles. The van der Waals surface area contributed by atoms with Crippen LogP contribution in [0.1, 0.15) is 47.8 Å². The molecule has 1 heterocycles. The minimum Gasteiger partial charge on any atom is -0.487 e. The molecule has 1 aliphatic heterocycles. The van der Waals surface area contributed by atoms with Crippen molar-refractivity contribution in [1.82, 2.24) is 5.32 Å². The summed E-state index contributed by atoms with van der Waals surface area (Å²) in [7, 11) is -1.86. The van der Waals surface area contributed by atoms with Crippen molar-refractivity contribution in [2.24, 2.45) is 0 Å². The number of nitrogens with one attached hydrogen (secondary N) is 1. The summed E-state index contributed by atoms with van der Waals surface area (Å²) in [5.41, 5.74) is 2.33. The predicted molar refractivity (Wildman–Crippen MR) is 110 cm³/mol. The quantitative estimate of drug-likeness (QED) is 0.850. The lowest BCUT2D eigenvalue weighted by molar-refractivity contribution is 0.0619. The topological polar surface area (TPSA) is 75.7 Å². The molecule has 0 fully saturated rings. The Kier molecular flexibility index (Phi) is 5.14. The highest BCUT2D eigenvalue weighted by Crippen LogP contribution is 2.39. The summed E-state index contributed by atoms with van der Waals surface area (Å²) >= 11 is 0. The van der Waals surface area contributed by atoms with Gasteiger partial charge in [0.25, 0.3) is 5.91 Å². The molecule has 1 N–H and O–H groups in total. The maximum atomic E-state index is 12.9. The van der Waals surface area contributed by atoms with Crippen LogP contribution in [-0.4, -0.2) is 33.2 Å². The number of fused-ring (bicyclic) bond motifs is 1. The second-order valence-electron chi connectivity index (χ2n) is 7.86. The summed E-state index contributed by atoms with van der Waals surface area (Å²) in [6.45, 7) is 5.80. The summed E-state index contributed by atoms with van der Waals surface area (Å²) in [5, 5.41) is 3.10. The van der Waals surface area contributed by atoms with E-state index in [1.54, 1.807) is 25.1 Å². The largest absolute Gasteiger partial charge is 0.487 e. The van der Waals surface area contributed by atoms with E-state index in [-0.39, 0.29) is 17.6 Å². The zero-order chi connectivity index (χ0) is 20.7. The fourth-order valence-electron chi connectivity index (χ4n) is 3.50. The number of rotatable bonds is 4. The Labute approximate surface area is 166 Å². The molecule has 2 aromatic rings. The highest BCUT2D eigenvalue weighted by molar-refractivity contribution is 7.92. The number of amides is 1. The Bertz CT molecular complexity index is 1010. The number of benzene rings is 2. The molecule has 150 valence electrons. The average molecular weight is 403 g/mol. The maximum absolute atomic E-state index is 12.9. The molecule has 0 radical (unpaired) electrons. The molecule has 0 bridgehead atoms. The molecule has 1 amide bonds. The SMILES string of the molecule is Cc1cc(C(=O)N[C@@H]2CC(C)(C)Oc3ccccc32)ccc1N(C)S(C)(=O)=O. The van der Waals surface area contributed by atoms with E-state index in [0.29, 0.717) is 23.2 Å². The second-order valence-corrected chi connectivity index (χ2v) is 9.88. The number of carbonyl (C=O) groups is 1. The van der Waals surface area contributed by atoms with Crippen LogP contribution in [0.3, 0.4) is 0 Å². The van der Waals surface area contributed by atoms with Crippen molar-refractivity contribution in [3.8, 4) is 5.75 Å². The monoisotopic (exact) mass is 402 g/mol. The Balaban J connectivity index is 1.85. The summed E-state index contributed by atoms with van der Waals surface area (Å²) in [4.78, 5) is 12.9. The molecule has 2 aromatic carbocycles. The molecule has 0 aromatic heterocycles. The van der Waals surface area contributed by atoms with E-state index in [0.717, 1.165) is 17.6 Å². The molecule has 3 rings (SSSR count). The van der Waals surface area contributed by atoms with Crippen LogP contribution in [0.5, 0.6) is 5.75 Å². The maximum Gasteiger partial charge on any atom is 0.251 e. The Hall–Kier alpha value is -2.54. The van der Waals surface area contributed by atoms with Crippen LogP contribution in [0.25, 0.3) is 0 Å². The van der Waals surface area contributed by atoms with Crippen molar-refractivity contribution in [3.05, 3.63) is 59.2 Å². The van der Waals surface area contributed by atoms with Crippen molar-refractivity contribution < 1.29 is 17.9 Å². The second kappa shape index (κ2) is 7.13. The van der Waals surface area contributed by atoms with Crippen molar-refractivity contribution in [2.45, 2.75) is 38.8 Å². The fraction of sp³-hybridized carbons (Fsp3) is 0.381. The van der Waals surface area contributed by atoms with Crippen molar-refractivity contribution in [3.63, 3.8) is 0 Å². The third-order valence-corrected chi connectivity index (χ3v) is 6.17. The van der Waals surface area contributed by atoms with Gasteiger partial charge in [-0.15, -0.1) is 0 Å². The Morgan fingerprint density at radius 3 is 2.54 bits per heavy atom. The highest BCUT2D eigenvalue weighted by Gasteiger charge is 2.34. The van der Waals surface area contributed by atoms with Gasteiger partial charge in [-0.05, 0) is 50.6 Å². The number of anilines is 1. The van der Waals surface area contributed by atoms with Crippen LogP contribution in [0, 0.1) is 6.92 Å². The molecule has 0 spiro atoms. The van der Waals surface area contributed by atoms with E-state index >= 15 is 0 Å². The number of hydrogen-bond donors (Lipinski definition) is 1. The van der Waals surface area contributed by atoms with Gasteiger partial charge in [0.1, 0.15) is 11.4 Å². The molecular formula is C21H26N2O4S. The third-order valence-electron chi connectivity index (χ3n) is 4.98. The number of carbonyl (C=O) groups excluding carboxylic acids is 1. The zero-order valence-electron chi connectivity index (χ0n) is 16.8. The van der Waals surface area contributed by atoms with Crippen LogP contribution in [-0.2, 0) is 10.0 Å². The number of aryl methyl sites for hydroxylation is 1. The Morgan fingerprint density at radius 1 is 1.21 bits per heavy atom. The summed E-state index contributed by atoms with van der Waals surface area (Å²) in [5.74, 6) is 0.583. The third kappa shape index (κ3) is 4.14. The van der Waals surface area contributed by atoms with Crippen molar-refractivity contribution in [1.29, 1.82) is 0 Å².